The molecule has 0 aromatic heterocycles. The van der Waals surface area contributed by atoms with Crippen LogP contribution in [0.25, 0.3) is 0 Å². The van der Waals surface area contributed by atoms with Crippen molar-refractivity contribution in [2.24, 2.45) is 0 Å². The Morgan fingerprint density at radius 3 is 2.54 bits per heavy atom. The lowest BCUT2D eigenvalue weighted by Gasteiger charge is -2.12. The summed E-state index contributed by atoms with van der Waals surface area (Å²) in [6, 6.07) is 7.38. The fourth-order valence-electron chi connectivity index (χ4n) is 0.931. The van der Waals surface area contributed by atoms with Crippen molar-refractivity contribution in [3.05, 3.63) is 28.7 Å². The molecular weight excluding hydrogens is 238 g/mol. The standard InChI is InChI=1S/C7H6BrN3O2/c8-5-1-3-6(4-2-5)11-9-7(12)13-10-11/h1-4,10H,(H,9,12). The zero-order valence-corrected chi connectivity index (χ0v) is 8.04. The highest BCUT2D eigenvalue weighted by molar-refractivity contribution is 9.10. The first kappa shape index (κ1) is 8.33. The Balaban J connectivity index is 2.17. The molecule has 5 nitrogen and oxygen atoms in total. The third-order valence-electron chi connectivity index (χ3n) is 1.52. The summed E-state index contributed by atoms with van der Waals surface area (Å²) < 4.78 is 0.975. The van der Waals surface area contributed by atoms with Gasteiger partial charge < -0.3 is 4.84 Å². The minimum absolute atomic E-state index is 0.525. The number of carbonyl (C=O) groups excluding carboxylic acids is 1. The van der Waals surface area contributed by atoms with Gasteiger partial charge in [-0.1, -0.05) is 15.9 Å². The number of hydrazine groups is 2. The molecule has 0 aliphatic carbocycles. The summed E-state index contributed by atoms with van der Waals surface area (Å²) in [5.74, 6) is 0. The second-order valence-electron chi connectivity index (χ2n) is 2.40. The molecule has 1 aliphatic rings. The monoisotopic (exact) mass is 243 g/mol. The van der Waals surface area contributed by atoms with E-state index in [0.29, 0.717) is 0 Å². The summed E-state index contributed by atoms with van der Waals surface area (Å²) in [6.45, 7) is 0. The molecule has 1 aromatic carbocycles. The largest absolute Gasteiger partial charge is 0.448 e. The van der Waals surface area contributed by atoms with E-state index < -0.39 is 6.09 Å². The molecule has 0 unspecified atom stereocenters. The van der Waals surface area contributed by atoms with Crippen LogP contribution in [0.2, 0.25) is 0 Å². The van der Waals surface area contributed by atoms with Crippen LogP contribution < -0.4 is 16.1 Å². The number of anilines is 1. The van der Waals surface area contributed by atoms with Crippen LogP contribution in [0, 0.1) is 0 Å². The molecule has 1 saturated heterocycles. The van der Waals surface area contributed by atoms with Crippen LogP contribution in [0.5, 0.6) is 0 Å². The van der Waals surface area contributed by atoms with E-state index in [4.69, 9.17) is 0 Å². The molecule has 0 spiro atoms. The first-order chi connectivity index (χ1) is 6.25. The molecule has 13 heavy (non-hydrogen) atoms. The van der Waals surface area contributed by atoms with Crippen LogP contribution in [0.1, 0.15) is 0 Å². The Morgan fingerprint density at radius 1 is 1.31 bits per heavy atom. The predicted octanol–water partition coefficient (Wildman–Crippen LogP) is 1.33. The molecule has 1 heterocycles. The number of rotatable bonds is 1. The fraction of sp³-hybridized carbons (Fsp3) is 0. The Kier molecular flexibility index (Phi) is 2.07. The van der Waals surface area contributed by atoms with Crippen molar-refractivity contribution >= 4 is 27.7 Å². The van der Waals surface area contributed by atoms with Gasteiger partial charge in [-0.2, -0.15) is 5.12 Å². The minimum Gasteiger partial charge on any atom is -0.330 e. The third-order valence-corrected chi connectivity index (χ3v) is 2.05. The summed E-state index contributed by atoms with van der Waals surface area (Å²) in [4.78, 5) is 15.1. The SMILES string of the molecule is O=C1NN(c2ccc(Br)cc2)NO1. The molecular formula is C7H6BrN3O2. The van der Waals surface area contributed by atoms with E-state index in [-0.39, 0.29) is 0 Å². The molecule has 0 bridgehead atoms. The number of benzene rings is 1. The van der Waals surface area contributed by atoms with Gasteiger partial charge in [-0.3, -0.25) is 0 Å². The molecule has 2 N–H and O–H groups in total. The second kappa shape index (κ2) is 3.23. The van der Waals surface area contributed by atoms with Gasteiger partial charge in [-0.05, 0) is 29.9 Å². The zero-order chi connectivity index (χ0) is 9.26. The van der Waals surface area contributed by atoms with Gasteiger partial charge in [0.05, 0.1) is 5.69 Å². The maximum absolute atomic E-state index is 10.6. The molecule has 68 valence electrons. The van der Waals surface area contributed by atoms with Crippen LogP contribution in [0.3, 0.4) is 0 Å². The number of hydrogen-bond donors (Lipinski definition) is 2. The zero-order valence-electron chi connectivity index (χ0n) is 6.45. The van der Waals surface area contributed by atoms with Gasteiger partial charge in [-0.15, -0.1) is 0 Å². The van der Waals surface area contributed by atoms with Gasteiger partial charge in [0, 0.05) is 4.47 Å². The lowest BCUT2D eigenvalue weighted by molar-refractivity contribution is 0.129. The Morgan fingerprint density at radius 2 is 2.00 bits per heavy atom. The van der Waals surface area contributed by atoms with Crippen LogP contribution in [-0.4, -0.2) is 6.09 Å². The second-order valence-corrected chi connectivity index (χ2v) is 3.32. The normalized spacial score (nSPS) is 15.5. The van der Waals surface area contributed by atoms with E-state index in [1.54, 1.807) is 0 Å². The van der Waals surface area contributed by atoms with Crippen LogP contribution >= 0.6 is 15.9 Å². The molecule has 6 heteroatoms. The lowest BCUT2D eigenvalue weighted by Crippen LogP contribution is -2.38. The number of nitrogens with zero attached hydrogens (tertiary/aromatic N) is 1. The van der Waals surface area contributed by atoms with E-state index in [0.717, 1.165) is 10.2 Å². The van der Waals surface area contributed by atoms with E-state index in [1.165, 1.54) is 5.12 Å². The third kappa shape index (κ3) is 1.73. The summed E-state index contributed by atoms with van der Waals surface area (Å²) in [6.07, 6.45) is -0.525. The Labute approximate surface area is 82.7 Å². The first-order valence-corrected chi connectivity index (χ1v) is 4.34. The maximum Gasteiger partial charge on any atom is 0.448 e. The van der Waals surface area contributed by atoms with Crippen molar-refractivity contribution in [3.63, 3.8) is 0 Å². The quantitative estimate of drug-likeness (QED) is 0.782. The van der Waals surface area contributed by atoms with Gasteiger partial charge in [0.15, 0.2) is 0 Å². The number of hydrogen-bond acceptors (Lipinski definition) is 4. The van der Waals surface area contributed by atoms with Crippen molar-refractivity contribution in [2.45, 2.75) is 0 Å². The van der Waals surface area contributed by atoms with Crippen LogP contribution in [-0.2, 0) is 4.84 Å². The van der Waals surface area contributed by atoms with Crippen molar-refractivity contribution < 1.29 is 9.63 Å². The molecule has 1 amide bonds. The highest BCUT2D eigenvalue weighted by Crippen LogP contribution is 2.16. The molecule has 0 radical (unpaired) electrons. The highest BCUT2D eigenvalue weighted by Gasteiger charge is 2.19. The van der Waals surface area contributed by atoms with E-state index in [2.05, 4.69) is 31.8 Å². The Bertz CT molecular complexity index is 327. The van der Waals surface area contributed by atoms with Crippen molar-refractivity contribution in [2.75, 3.05) is 5.12 Å². The molecule has 1 fully saturated rings. The minimum atomic E-state index is -0.525. The lowest BCUT2D eigenvalue weighted by atomic mass is 10.3. The first-order valence-electron chi connectivity index (χ1n) is 3.54. The maximum atomic E-state index is 10.6. The van der Waals surface area contributed by atoms with Crippen molar-refractivity contribution in [1.29, 1.82) is 0 Å². The molecule has 1 aliphatic heterocycles. The number of halogens is 1. The topological polar surface area (TPSA) is 53.6 Å². The van der Waals surface area contributed by atoms with E-state index in [9.17, 15) is 4.79 Å². The van der Waals surface area contributed by atoms with Crippen LogP contribution in [0.4, 0.5) is 10.5 Å². The van der Waals surface area contributed by atoms with Gasteiger partial charge in [0.25, 0.3) is 0 Å². The van der Waals surface area contributed by atoms with Gasteiger partial charge in [-0.25, -0.2) is 10.2 Å². The molecule has 2 rings (SSSR count). The number of amides is 1. The van der Waals surface area contributed by atoms with Crippen molar-refractivity contribution in [1.82, 2.24) is 11.0 Å². The van der Waals surface area contributed by atoms with Crippen molar-refractivity contribution in [3.8, 4) is 0 Å². The average Bonchev–Trinajstić information content (AvgIpc) is 2.53. The van der Waals surface area contributed by atoms with E-state index in [1.807, 2.05) is 24.3 Å². The van der Waals surface area contributed by atoms with Gasteiger partial charge in [0.1, 0.15) is 0 Å². The summed E-state index contributed by atoms with van der Waals surface area (Å²) >= 11 is 3.31. The smallest absolute Gasteiger partial charge is 0.330 e. The Hall–Kier alpha value is -1.27. The summed E-state index contributed by atoms with van der Waals surface area (Å²) in [7, 11) is 0. The summed E-state index contributed by atoms with van der Waals surface area (Å²) in [5, 5.41) is 1.38. The fourth-order valence-corrected chi connectivity index (χ4v) is 1.20. The van der Waals surface area contributed by atoms with E-state index >= 15 is 0 Å². The molecule has 1 aromatic rings. The highest BCUT2D eigenvalue weighted by atomic mass is 79.9. The number of nitrogens with one attached hydrogen (secondary N) is 2. The van der Waals surface area contributed by atoms with Gasteiger partial charge >= 0.3 is 6.09 Å². The molecule has 0 atom stereocenters. The van der Waals surface area contributed by atoms with Gasteiger partial charge in [0.2, 0.25) is 0 Å². The number of carbonyl (C=O) groups is 1. The summed E-state index contributed by atoms with van der Waals surface area (Å²) in [5.41, 5.74) is 5.62. The van der Waals surface area contributed by atoms with Crippen LogP contribution in [0.15, 0.2) is 28.7 Å². The average molecular weight is 244 g/mol. The molecule has 0 saturated carbocycles. The predicted molar refractivity (Wildman–Crippen MR) is 49.4 cm³/mol.